The van der Waals surface area contributed by atoms with E-state index in [-0.39, 0.29) is 16.8 Å². The molecule has 144 valence electrons. The van der Waals surface area contributed by atoms with Gasteiger partial charge in [-0.3, -0.25) is 4.79 Å². The fourth-order valence-corrected chi connectivity index (χ4v) is 5.90. The first-order valence-corrected chi connectivity index (χ1v) is 10.5. The van der Waals surface area contributed by atoms with Crippen molar-refractivity contribution in [1.29, 1.82) is 0 Å². The third-order valence-corrected chi connectivity index (χ3v) is 7.47. The van der Waals surface area contributed by atoms with Crippen LogP contribution in [0.1, 0.15) is 28.1 Å². The number of carbonyl (C=O) groups excluding carboxylic acids is 1. The average Bonchev–Trinajstić information content (AvgIpc) is 3.11. The molecule has 0 unspecified atom stereocenters. The summed E-state index contributed by atoms with van der Waals surface area (Å²) in [7, 11) is 0. The summed E-state index contributed by atoms with van der Waals surface area (Å²) < 4.78 is 40.1. The van der Waals surface area contributed by atoms with Gasteiger partial charge in [0.1, 0.15) is 0 Å². The van der Waals surface area contributed by atoms with E-state index in [1.807, 2.05) is 0 Å². The van der Waals surface area contributed by atoms with Crippen molar-refractivity contribution in [2.24, 2.45) is 5.92 Å². The quantitative estimate of drug-likeness (QED) is 0.787. The van der Waals surface area contributed by atoms with Gasteiger partial charge in [0.05, 0.1) is 14.6 Å². The highest BCUT2D eigenvalue weighted by atomic mass is 32.2. The first-order valence-electron chi connectivity index (χ1n) is 8.87. The maximum Gasteiger partial charge on any atom is 0.417 e. The Balaban J connectivity index is 1.44. The zero-order chi connectivity index (χ0) is 19.0. The molecule has 4 heterocycles. The molecule has 2 aromatic rings. The summed E-state index contributed by atoms with van der Waals surface area (Å²) >= 11 is 2.28. The lowest BCUT2D eigenvalue weighted by molar-refractivity contribution is -0.139. The third-order valence-electron chi connectivity index (χ3n) is 5.18. The molecule has 0 aliphatic carbocycles. The number of benzene rings is 1. The van der Waals surface area contributed by atoms with Crippen LogP contribution in [0.2, 0.25) is 0 Å². The van der Waals surface area contributed by atoms with Crippen molar-refractivity contribution in [2.45, 2.75) is 34.2 Å². The van der Waals surface area contributed by atoms with Crippen LogP contribution in [0.3, 0.4) is 0 Å². The predicted molar refractivity (Wildman–Crippen MR) is 100 cm³/mol. The van der Waals surface area contributed by atoms with Gasteiger partial charge in [0.25, 0.3) is 5.91 Å². The van der Waals surface area contributed by atoms with E-state index >= 15 is 0 Å². The van der Waals surface area contributed by atoms with Gasteiger partial charge in [0.2, 0.25) is 0 Å². The van der Waals surface area contributed by atoms with Gasteiger partial charge in [-0.25, -0.2) is 0 Å². The molecule has 1 aromatic carbocycles. The van der Waals surface area contributed by atoms with Crippen LogP contribution in [0.5, 0.6) is 0 Å². The Labute approximate surface area is 163 Å². The van der Waals surface area contributed by atoms with Crippen LogP contribution in [-0.4, -0.2) is 36.5 Å². The highest BCUT2D eigenvalue weighted by molar-refractivity contribution is 8.01. The fourth-order valence-electron chi connectivity index (χ4n) is 3.76. The Morgan fingerprint density at radius 1 is 1.15 bits per heavy atom. The van der Waals surface area contributed by atoms with Crippen LogP contribution in [0.25, 0.3) is 0 Å². The Morgan fingerprint density at radius 2 is 1.89 bits per heavy atom. The van der Waals surface area contributed by atoms with Crippen molar-refractivity contribution in [3.05, 3.63) is 46.8 Å². The van der Waals surface area contributed by atoms with E-state index in [9.17, 15) is 18.0 Å². The number of amides is 1. The number of fused-ring (bicyclic) bond motifs is 3. The van der Waals surface area contributed by atoms with E-state index in [1.165, 1.54) is 23.5 Å². The van der Waals surface area contributed by atoms with E-state index in [0.717, 1.165) is 50.3 Å². The van der Waals surface area contributed by atoms with Crippen LogP contribution in [-0.2, 0) is 6.18 Å². The van der Waals surface area contributed by atoms with Gasteiger partial charge in [0.15, 0.2) is 0 Å². The molecular weight excluding hydrogens is 393 g/mol. The third kappa shape index (κ3) is 4.17. The van der Waals surface area contributed by atoms with Crippen molar-refractivity contribution in [1.82, 2.24) is 10.2 Å². The number of halogens is 3. The van der Waals surface area contributed by atoms with Gasteiger partial charge in [0, 0.05) is 17.5 Å². The predicted octanol–water partition coefficient (Wildman–Crippen LogP) is 4.74. The summed E-state index contributed by atoms with van der Waals surface area (Å²) in [6, 6.07) is 9.09. The zero-order valence-electron chi connectivity index (χ0n) is 14.5. The summed E-state index contributed by atoms with van der Waals surface area (Å²) in [4.78, 5) is 15.6. The molecule has 27 heavy (non-hydrogen) atoms. The highest BCUT2D eigenvalue weighted by Crippen LogP contribution is 2.41. The average molecular weight is 413 g/mol. The van der Waals surface area contributed by atoms with Crippen LogP contribution in [0.15, 0.2) is 45.5 Å². The molecular formula is C19H19F3N2OS2. The highest BCUT2D eigenvalue weighted by Gasteiger charge is 2.35. The second-order valence-electron chi connectivity index (χ2n) is 6.93. The SMILES string of the molecule is O=C(N[C@H]1CN2CCC1CC2)c1ccc(Sc2ccccc2C(F)(F)F)s1. The minimum Gasteiger partial charge on any atom is -0.347 e. The van der Waals surface area contributed by atoms with Crippen LogP contribution in [0.4, 0.5) is 13.2 Å². The lowest BCUT2D eigenvalue weighted by Crippen LogP contribution is -2.57. The number of rotatable bonds is 4. The Kier molecular flexibility index (Phi) is 5.22. The van der Waals surface area contributed by atoms with Gasteiger partial charge in [-0.05, 0) is 56.1 Å². The number of alkyl halides is 3. The zero-order valence-corrected chi connectivity index (χ0v) is 16.1. The van der Waals surface area contributed by atoms with Crippen molar-refractivity contribution < 1.29 is 18.0 Å². The summed E-state index contributed by atoms with van der Waals surface area (Å²) in [5.74, 6) is 0.404. The maximum absolute atomic E-state index is 13.1. The molecule has 1 N–H and O–H groups in total. The molecule has 2 bridgehead atoms. The first-order chi connectivity index (χ1) is 12.9. The maximum atomic E-state index is 13.1. The number of hydrogen-bond acceptors (Lipinski definition) is 4. The molecule has 3 fully saturated rings. The number of nitrogens with zero attached hydrogens (tertiary/aromatic N) is 1. The number of piperidine rings is 3. The Bertz CT molecular complexity index is 828. The topological polar surface area (TPSA) is 32.3 Å². The molecule has 3 nitrogen and oxygen atoms in total. The van der Waals surface area contributed by atoms with Gasteiger partial charge < -0.3 is 10.2 Å². The molecule has 1 atom stereocenters. The monoisotopic (exact) mass is 412 g/mol. The number of nitrogens with one attached hydrogen (secondary N) is 1. The number of carbonyl (C=O) groups is 1. The molecule has 5 rings (SSSR count). The number of hydrogen-bond donors (Lipinski definition) is 1. The Morgan fingerprint density at radius 3 is 2.56 bits per heavy atom. The summed E-state index contributed by atoms with van der Waals surface area (Å²) in [6.07, 6.45) is -2.16. The van der Waals surface area contributed by atoms with Crippen molar-refractivity contribution in [3.63, 3.8) is 0 Å². The standard InChI is InChI=1S/C19H19F3N2OS2/c20-19(21,22)13-3-1-2-4-15(13)26-17-6-5-16(27-17)18(25)23-14-11-24-9-7-12(14)8-10-24/h1-6,12,14H,7-11H2,(H,23,25)/t14-/m0/s1. The van der Waals surface area contributed by atoms with Crippen LogP contribution >= 0.6 is 23.1 Å². The lowest BCUT2D eigenvalue weighted by atomic mass is 9.84. The molecule has 0 spiro atoms. The molecule has 8 heteroatoms. The second kappa shape index (κ2) is 7.48. The smallest absolute Gasteiger partial charge is 0.347 e. The fraction of sp³-hybridized carbons (Fsp3) is 0.421. The summed E-state index contributed by atoms with van der Waals surface area (Å²) in [6.45, 7) is 3.10. The minimum absolute atomic E-state index is 0.130. The van der Waals surface area contributed by atoms with Gasteiger partial charge in [-0.1, -0.05) is 23.9 Å². The normalized spacial score (nSPS) is 24.8. The van der Waals surface area contributed by atoms with Gasteiger partial charge >= 0.3 is 6.18 Å². The van der Waals surface area contributed by atoms with Crippen molar-refractivity contribution >= 4 is 29.0 Å². The minimum atomic E-state index is -4.39. The largest absolute Gasteiger partial charge is 0.417 e. The van der Waals surface area contributed by atoms with Crippen LogP contribution < -0.4 is 5.32 Å². The van der Waals surface area contributed by atoms with Crippen LogP contribution in [0, 0.1) is 5.92 Å². The van der Waals surface area contributed by atoms with Gasteiger partial charge in [-0.2, -0.15) is 13.2 Å². The molecule has 3 saturated heterocycles. The first kappa shape index (κ1) is 18.8. The van der Waals surface area contributed by atoms with E-state index in [4.69, 9.17) is 0 Å². The van der Waals surface area contributed by atoms with Crippen molar-refractivity contribution in [3.8, 4) is 0 Å². The molecule has 3 aliphatic rings. The van der Waals surface area contributed by atoms with E-state index in [1.54, 1.807) is 18.2 Å². The van der Waals surface area contributed by atoms with E-state index in [0.29, 0.717) is 15.0 Å². The van der Waals surface area contributed by atoms with E-state index in [2.05, 4.69) is 10.2 Å². The summed E-state index contributed by atoms with van der Waals surface area (Å²) in [5, 5.41) is 3.12. The molecule has 1 amide bonds. The van der Waals surface area contributed by atoms with E-state index < -0.39 is 11.7 Å². The van der Waals surface area contributed by atoms with Crippen molar-refractivity contribution in [2.75, 3.05) is 19.6 Å². The second-order valence-corrected chi connectivity index (χ2v) is 9.36. The molecule has 0 radical (unpaired) electrons. The molecule has 1 aromatic heterocycles. The Hall–Kier alpha value is -1.51. The summed E-state index contributed by atoms with van der Waals surface area (Å²) in [5.41, 5.74) is -0.651. The lowest BCUT2D eigenvalue weighted by Gasteiger charge is -2.44. The molecule has 3 aliphatic heterocycles. The van der Waals surface area contributed by atoms with Gasteiger partial charge in [-0.15, -0.1) is 11.3 Å². The molecule has 0 saturated carbocycles. The number of thiophene rings is 1.